The summed E-state index contributed by atoms with van der Waals surface area (Å²) in [4.78, 5) is 5.19. The Hall–Kier alpha value is -0.770. The molecule has 0 aromatic heterocycles. The minimum Gasteiger partial charge on any atom is -0.506 e. The lowest BCUT2D eigenvalue weighted by molar-refractivity contribution is 0.108. The Kier molecular flexibility index (Phi) is 5.27. The Morgan fingerprint density at radius 3 is 2.50 bits per heavy atom. The molecule has 2 saturated heterocycles. The molecule has 0 amide bonds. The van der Waals surface area contributed by atoms with Gasteiger partial charge < -0.3 is 10.0 Å². The van der Waals surface area contributed by atoms with E-state index in [4.69, 9.17) is 11.6 Å². The first-order chi connectivity index (χ1) is 10.6. The number of aromatic hydroxyl groups is 1. The van der Waals surface area contributed by atoms with Crippen molar-refractivity contribution in [2.45, 2.75) is 45.2 Å². The third kappa shape index (κ3) is 3.76. The molecule has 1 atom stereocenters. The number of halogens is 1. The van der Waals surface area contributed by atoms with Crippen LogP contribution in [0.5, 0.6) is 5.75 Å². The van der Waals surface area contributed by atoms with Crippen LogP contribution in [-0.2, 0) is 6.54 Å². The second-order valence-electron chi connectivity index (χ2n) is 6.88. The second-order valence-corrected chi connectivity index (χ2v) is 7.29. The lowest BCUT2D eigenvalue weighted by atomic mass is 9.89. The van der Waals surface area contributed by atoms with Crippen LogP contribution < -0.4 is 0 Å². The van der Waals surface area contributed by atoms with Crippen molar-refractivity contribution in [2.24, 2.45) is 5.92 Å². The minimum atomic E-state index is 0.170. The van der Waals surface area contributed by atoms with Gasteiger partial charge in [0.25, 0.3) is 0 Å². The standard InChI is InChI=1S/C18H27ClN2O/c1-14(21-8-2-3-9-21)16-6-10-20(11-7-16)13-15-4-5-18(22)17(19)12-15/h4-5,12,14,16,22H,2-3,6-11,13H2,1H3/t14-/m1/s1. The van der Waals surface area contributed by atoms with Crippen LogP contribution >= 0.6 is 11.6 Å². The Labute approximate surface area is 138 Å². The molecule has 1 aromatic carbocycles. The molecular weight excluding hydrogens is 296 g/mol. The second kappa shape index (κ2) is 7.20. The summed E-state index contributed by atoms with van der Waals surface area (Å²) < 4.78 is 0. The van der Waals surface area contributed by atoms with Crippen LogP contribution in [0, 0.1) is 5.92 Å². The van der Waals surface area contributed by atoms with Gasteiger partial charge in [0.2, 0.25) is 0 Å². The third-order valence-corrected chi connectivity index (χ3v) is 5.75. The molecule has 2 aliphatic heterocycles. The van der Waals surface area contributed by atoms with Gasteiger partial charge in [-0.15, -0.1) is 0 Å². The highest BCUT2D eigenvalue weighted by atomic mass is 35.5. The van der Waals surface area contributed by atoms with Crippen LogP contribution in [0.25, 0.3) is 0 Å². The number of benzene rings is 1. The fourth-order valence-corrected chi connectivity index (χ4v) is 4.15. The van der Waals surface area contributed by atoms with Gasteiger partial charge in [-0.3, -0.25) is 4.90 Å². The minimum absolute atomic E-state index is 0.170. The Morgan fingerprint density at radius 1 is 1.18 bits per heavy atom. The summed E-state index contributed by atoms with van der Waals surface area (Å²) in [6.07, 6.45) is 5.35. The van der Waals surface area contributed by atoms with Crippen molar-refractivity contribution in [3.63, 3.8) is 0 Å². The summed E-state index contributed by atoms with van der Waals surface area (Å²) in [5.41, 5.74) is 1.19. The quantitative estimate of drug-likeness (QED) is 0.914. The van der Waals surface area contributed by atoms with Gasteiger partial charge in [-0.25, -0.2) is 0 Å². The van der Waals surface area contributed by atoms with Crippen molar-refractivity contribution in [3.8, 4) is 5.75 Å². The van der Waals surface area contributed by atoms with E-state index in [1.54, 1.807) is 6.07 Å². The van der Waals surface area contributed by atoms with Crippen molar-refractivity contribution in [1.29, 1.82) is 0 Å². The van der Waals surface area contributed by atoms with Gasteiger partial charge in [0, 0.05) is 12.6 Å². The molecule has 3 nitrogen and oxygen atoms in total. The van der Waals surface area contributed by atoms with Gasteiger partial charge in [-0.1, -0.05) is 17.7 Å². The smallest absolute Gasteiger partial charge is 0.134 e. The van der Waals surface area contributed by atoms with Crippen molar-refractivity contribution >= 4 is 11.6 Å². The fraction of sp³-hybridized carbons (Fsp3) is 0.667. The summed E-state index contributed by atoms with van der Waals surface area (Å²) in [7, 11) is 0. The van der Waals surface area contributed by atoms with Gasteiger partial charge in [0.05, 0.1) is 5.02 Å². The molecule has 22 heavy (non-hydrogen) atoms. The maximum absolute atomic E-state index is 9.50. The lowest BCUT2D eigenvalue weighted by Crippen LogP contribution is -2.42. The van der Waals surface area contributed by atoms with E-state index < -0.39 is 0 Å². The molecule has 3 rings (SSSR count). The van der Waals surface area contributed by atoms with E-state index in [1.807, 2.05) is 12.1 Å². The molecule has 1 aromatic rings. The summed E-state index contributed by atoms with van der Waals surface area (Å²) in [6.45, 7) is 8.29. The van der Waals surface area contributed by atoms with Gasteiger partial charge in [0.1, 0.15) is 5.75 Å². The van der Waals surface area contributed by atoms with Crippen molar-refractivity contribution in [2.75, 3.05) is 26.2 Å². The lowest BCUT2D eigenvalue weighted by Gasteiger charge is -2.38. The monoisotopic (exact) mass is 322 g/mol. The topological polar surface area (TPSA) is 26.7 Å². The zero-order chi connectivity index (χ0) is 15.5. The number of phenolic OH excluding ortho intramolecular Hbond substituents is 1. The number of phenols is 1. The number of nitrogens with zero attached hydrogens (tertiary/aromatic N) is 2. The average molecular weight is 323 g/mol. The predicted molar refractivity (Wildman–Crippen MR) is 91.4 cm³/mol. The third-order valence-electron chi connectivity index (χ3n) is 5.45. The number of rotatable bonds is 4. The molecule has 0 spiro atoms. The average Bonchev–Trinajstić information content (AvgIpc) is 3.05. The van der Waals surface area contributed by atoms with Crippen molar-refractivity contribution < 1.29 is 5.11 Å². The predicted octanol–water partition coefficient (Wildman–Crippen LogP) is 3.74. The van der Waals surface area contributed by atoms with E-state index in [0.29, 0.717) is 5.02 Å². The normalized spacial score (nSPS) is 23.0. The van der Waals surface area contributed by atoms with E-state index in [9.17, 15) is 5.11 Å². The maximum atomic E-state index is 9.50. The molecule has 1 N–H and O–H groups in total. The maximum Gasteiger partial charge on any atom is 0.134 e. The summed E-state index contributed by atoms with van der Waals surface area (Å²) in [5.74, 6) is 1.02. The summed E-state index contributed by atoms with van der Waals surface area (Å²) in [6, 6.07) is 6.29. The number of hydrogen-bond donors (Lipinski definition) is 1. The molecule has 2 aliphatic rings. The van der Waals surface area contributed by atoms with E-state index in [2.05, 4.69) is 16.7 Å². The highest BCUT2D eigenvalue weighted by molar-refractivity contribution is 6.32. The van der Waals surface area contributed by atoms with Crippen LogP contribution in [-0.4, -0.2) is 47.1 Å². The highest BCUT2D eigenvalue weighted by Crippen LogP contribution is 2.28. The molecule has 0 aliphatic carbocycles. The first kappa shape index (κ1) is 16.1. The molecular formula is C18H27ClN2O. The molecule has 4 heteroatoms. The van der Waals surface area contributed by atoms with E-state index in [-0.39, 0.29) is 5.75 Å². The fourth-order valence-electron chi connectivity index (χ4n) is 3.95. The Morgan fingerprint density at radius 2 is 1.86 bits per heavy atom. The van der Waals surface area contributed by atoms with Crippen LogP contribution in [0.15, 0.2) is 18.2 Å². The Bertz CT molecular complexity index is 494. The van der Waals surface area contributed by atoms with Crippen LogP contribution in [0.4, 0.5) is 0 Å². The van der Waals surface area contributed by atoms with Gasteiger partial charge >= 0.3 is 0 Å². The van der Waals surface area contributed by atoms with Gasteiger partial charge in [-0.05, 0) is 82.4 Å². The zero-order valence-electron chi connectivity index (χ0n) is 13.5. The summed E-state index contributed by atoms with van der Waals surface area (Å²) >= 11 is 5.99. The molecule has 122 valence electrons. The van der Waals surface area contributed by atoms with Crippen molar-refractivity contribution in [1.82, 2.24) is 9.80 Å². The van der Waals surface area contributed by atoms with Gasteiger partial charge in [-0.2, -0.15) is 0 Å². The zero-order valence-corrected chi connectivity index (χ0v) is 14.2. The van der Waals surface area contributed by atoms with Crippen LogP contribution in [0.2, 0.25) is 5.02 Å². The molecule has 0 radical (unpaired) electrons. The SMILES string of the molecule is C[C@H](C1CCN(Cc2ccc(O)c(Cl)c2)CC1)N1CCCC1. The van der Waals surface area contributed by atoms with E-state index in [1.165, 1.54) is 57.4 Å². The molecule has 0 saturated carbocycles. The van der Waals surface area contributed by atoms with E-state index >= 15 is 0 Å². The number of likely N-dealkylation sites (tertiary alicyclic amines) is 2. The first-order valence-corrected chi connectivity index (χ1v) is 8.95. The molecule has 2 fully saturated rings. The van der Waals surface area contributed by atoms with Crippen LogP contribution in [0.1, 0.15) is 38.2 Å². The van der Waals surface area contributed by atoms with Crippen molar-refractivity contribution in [3.05, 3.63) is 28.8 Å². The number of hydrogen-bond acceptors (Lipinski definition) is 3. The number of piperidine rings is 1. The largest absolute Gasteiger partial charge is 0.506 e. The molecule has 0 bridgehead atoms. The van der Waals surface area contributed by atoms with Gasteiger partial charge in [0.15, 0.2) is 0 Å². The van der Waals surface area contributed by atoms with E-state index in [0.717, 1.165) is 18.5 Å². The molecule has 0 unspecified atom stereocenters. The Balaban J connectivity index is 1.49. The molecule has 2 heterocycles. The van der Waals surface area contributed by atoms with Crippen LogP contribution in [0.3, 0.4) is 0 Å². The first-order valence-electron chi connectivity index (χ1n) is 8.57. The summed E-state index contributed by atoms with van der Waals surface area (Å²) in [5, 5.41) is 9.95. The highest BCUT2D eigenvalue weighted by Gasteiger charge is 2.28.